The second-order valence-corrected chi connectivity index (χ2v) is 3.47. The second-order valence-electron chi connectivity index (χ2n) is 3.47. The summed E-state index contributed by atoms with van der Waals surface area (Å²) in [5.74, 6) is -0.880. The molecule has 0 rings (SSSR count). The molecule has 4 heteroatoms. The molecule has 0 aliphatic heterocycles. The Morgan fingerprint density at radius 1 is 1.21 bits per heavy atom. The number of carboxylic acid groups (broad SMARTS) is 1. The van der Waals surface area contributed by atoms with Gasteiger partial charge in [-0.25, -0.2) is 0 Å². The van der Waals surface area contributed by atoms with Crippen molar-refractivity contribution in [2.75, 3.05) is 13.1 Å². The zero-order valence-electron chi connectivity index (χ0n) is 9.12. The Hall–Kier alpha value is -1.06. The lowest BCUT2D eigenvalue weighted by Crippen LogP contribution is -2.31. The van der Waals surface area contributed by atoms with Crippen molar-refractivity contribution in [3.63, 3.8) is 0 Å². The molecule has 0 aliphatic carbocycles. The molecule has 14 heavy (non-hydrogen) atoms. The standard InChI is InChI=1S/C10H19NO3/c1-4-11(5-2)9(12)6-8(3)7-10(13)14/h8H,4-7H2,1-3H3,(H,13,14). The lowest BCUT2D eigenvalue weighted by molar-refractivity contribution is -0.138. The number of carboxylic acids is 1. The van der Waals surface area contributed by atoms with Gasteiger partial charge in [0.05, 0.1) is 0 Å². The fourth-order valence-electron chi connectivity index (χ4n) is 1.37. The number of hydrogen-bond donors (Lipinski definition) is 1. The number of nitrogens with zero attached hydrogens (tertiary/aromatic N) is 1. The Labute approximate surface area is 84.9 Å². The summed E-state index contributed by atoms with van der Waals surface area (Å²) in [5, 5.41) is 8.52. The Balaban J connectivity index is 3.97. The highest BCUT2D eigenvalue weighted by Crippen LogP contribution is 2.09. The lowest BCUT2D eigenvalue weighted by Gasteiger charge is -2.20. The van der Waals surface area contributed by atoms with Crippen LogP contribution < -0.4 is 0 Å². The highest BCUT2D eigenvalue weighted by molar-refractivity contribution is 5.77. The Bertz CT molecular complexity index is 200. The third-order valence-corrected chi connectivity index (χ3v) is 2.16. The molecule has 1 amide bonds. The first-order valence-corrected chi connectivity index (χ1v) is 5.00. The SMILES string of the molecule is CCN(CC)C(=O)CC(C)CC(=O)O. The molecular weight excluding hydrogens is 182 g/mol. The molecular formula is C10H19NO3. The first-order chi connectivity index (χ1) is 6.51. The first kappa shape index (κ1) is 12.9. The number of aliphatic carboxylic acids is 1. The van der Waals surface area contributed by atoms with Crippen LogP contribution in [-0.4, -0.2) is 35.0 Å². The highest BCUT2D eigenvalue weighted by atomic mass is 16.4. The average Bonchev–Trinajstić information content (AvgIpc) is 2.04. The van der Waals surface area contributed by atoms with Crippen molar-refractivity contribution in [3.05, 3.63) is 0 Å². The molecule has 1 N–H and O–H groups in total. The molecule has 0 aromatic carbocycles. The van der Waals surface area contributed by atoms with Gasteiger partial charge in [0.1, 0.15) is 0 Å². The van der Waals surface area contributed by atoms with Gasteiger partial charge in [-0.3, -0.25) is 9.59 Å². The Morgan fingerprint density at radius 2 is 1.71 bits per heavy atom. The quantitative estimate of drug-likeness (QED) is 0.705. The van der Waals surface area contributed by atoms with E-state index in [2.05, 4.69) is 0 Å². The third kappa shape index (κ3) is 4.84. The maximum Gasteiger partial charge on any atom is 0.303 e. The predicted octanol–water partition coefficient (Wildman–Crippen LogP) is 1.36. The maximum atomic E-state index is 11.5. The number of carbonyl (C=O) groups is 2. The van der Waals surface area contributed by atoms with Gasteiger partial charge < -0.3 is 10.0 Å². The molecule has 0 bridgehead atoms. The largest absolute Gasteiger partial charge is 0.481 e. The Morgan fingerprint density at radius 3 is 2.07 bits per heavy atom. The normalized spacial score (nSPS) is 12.2. The van der Waals surface area contributed by atoms with Crippen LogP contribution in [0.2, 0.25) is 0 Å². The van der Waals surface area contributed by atoms with E-state index >= 15 is 0 Å². The van der Waals surface area contributed by atoms with Gasteiger partial charge in [0.25, 0.3) is 0 Å². The van der Waals surface area contributed by atoms with Crippen LogP contribution in [0.25, 0.3) is 0 Å². The van der Waals surface area contributed by atoms with Gasteiger partial charge in [0, 0.05) is 25.9 Å². The molecule has 4 nitrogen and oxygen atoms in total. The molecule has 1 unspecified atom stereocenters. The van der Waals surface area contributed by atoms with E-state index in [9.17, 15) is 9.59 Å². The summed E-state index contributed by atoms with van der Waals surface area (Å²) in [7, 11) is 0. The zero-order chi connectivity index (χ0) is 11.1. The summed E-state index contributed by atoms with van der Waals surface area (Å²) < 4.78 is 0. The first-order valence-electron chi connectivity index (χ1n) is 5.00. The van der Waals surface area contributed by atoms with Gasteiger partial charge in [-0.05, 0) is 19.8 Å². The lowest BCUT2D eigenvalue weighted by atomic mass is 10.0. The number of hydrogen-bond acceptors (Lipinski definition) is 2. The Kier molecular flexibility index (Phi) is 5.92. The van der Waals surface area contributed by atoms with Crippen molar-refractivity contribution in [2.24, 2.45) is 5.92 Å². The van der Waals surface area contributed by atoms with Crippen molar-refractivity contribution in [1.82, 2.24) is 4.90 Å². The zero-order valence-corrected chi connectivity index (χ0v) is 9.12. The maximum absolute atomic E-state index is 11.5. The summed E-state index contributed by atoms with van der Waals surface area (Å²) in [6, 6.07) is 0. The average molecular weight is 201 g/mol. The summed E-state index contributed by atoms with van der Waals surface area (Å²) >= 11 is 0. The fraction of sp³-hybridized carbons (Fsp3) is 0.800. The molecule has 0 fully saturated rings. The topological polar surface area (TPSA) is 57.6 Å². The van der Waals surface area contributed by atoms with Crippen molar-refractivity contribution in [2.45, 2.75) is 33.6 Å². The molecule has 0 radical (unpaired) electrons. The van der Waals surface area contributed by atoms with E-state index in [1.54, 1.807) is 11.8 Å². The van der Waals surface area contributed by atoms with Crippen LogP contribution in [0.15, 0.2) is 0 Å². The van der Waals surface area contributed by atoms with E-state index in [4.69, 9.17) is 5.11 Å². The molecule has 0 spiro atoms. The van der Waals surface area contributed by atoms with Gasteiger partial charge >= 0.3 is 5.97 Å². The number of amides is 1. The number of carbonyl (C=O) groups excluding carboxylic acids is 1. The van der Waals surface area contributed by atoms with Gasteiger partial charge in [-0.2, -0.15) is 0 Å². The van der Waals surface area contributed by atoms with Crippen LogP contribution in [0, 0.1) is 5.92 Å². The summed E-state index contributed by atoms with van der Waals surface area (Å²) in [6.45, 7) is 7.01. The summed E-state index contributed by atoms with van der Waals surface area (Å²) in [5.41, 5.74) is 0. The minimum absolute atomic E-state index is 0.0451. The van der Waals surface area contributed by atoms with Gasteiger partial charge in [0.15, 0.2) is 0 Å². The molecule has 0 aliphatic rings. The van der Waals surface area contributed by atoms with E-state index in [1.807, 2.05) is 13.8 Å². The third-order valence-electron chi connectivity index (χ3n) is 2.16. The second kappa shape index (κ2) is 6.40. The predicted molar refractivity (Wildman–Crippen MR) is 54.0 cm³/mol. The van der Waals surface area contributed by atoms with Gasteiger partial charge in [-0.15, -0.1) is 0 Å². The summed E-state index contributed by atoms with van der Waals surface area (Å²) in [4.78, 5) is 23.6. The molecule has 1 atom stereocenters. The van der Waals surface area contributed by atoms with Crippen LogP contribution in [-0.2, 0) is 9.59 Å². The molecule has 0 saturated heterocycles. The molecule has 82 valence electrons. The van der Waals surface area contributed by atoms with E-state index in [0.717, 1.165) is 0 Å². The fourth-order valence-corrected chi connectivity index (χ4v) is 1.37. The van der Waals surface area contributed by atoms with Crippen LogP contribution in [0.3, 0.4) is 0 Å². The molecule has 0 aromatic rings. The van der Waals surface area contributed by atoms with Crippen molar-refractivity contribution in [1.29, 1.82) is 0 Å². The minimum Gasteiger partial charge on any atom is -0.481 e. The summed E-state index contributed by atoms with van der Waals surface area (Å²) in [6.07, 6.45) is 0.390. The van der Waals surface area contributed by atoms with Crippen LogP contribution in [0.5, 0.6) is 0 Å². The number of rotatable bonds is 6. The minimum atomic E-state index is -0.843. The van der Waals surface area contributed by atoms with Gasteiger partial charge in [0.2, 0.25) is 5.91 Å². The van der Waals surface area contributed by atoms with E-state index < -0.39 is 5.97 Å². The van der Waals surface area contributed by atoms with Crippen LogP contribution >= 0.6 is 0 Å². The van der Waals surface area contributed by atoms with E-state index in [0.29, 0.717) is 19.5 Å². The monoisotopic (exact) mass is 201 g/mol. The molecule has 0 saturated carbocycles. The van der Waals surface area contributed by atoms with E-state index in [-0.39, 0.29) is 18.2 Å². The molecule has 0 heterocycles. The van der Waals surface area contributed by atoms with Crippen molar-refractivity contribution < 1.29 is 14.7 Å². The van der Waals surface area contributed by atoms with E-state index in [1.165, 1.54) is 0 Å². The van der Waals surface area contributed by atoms with Gasteiger partial charge in [-0.1, -0.05) is 6.92 Å². The van der Waals surface area contributed by atoms with Crippen molar-refractivity contribution in [3.8, 4) is 0 Å². The van der Waals surface area contributed by atoms with Crippen LogP contribution in [0.4, 0.5) is 0 Å². The van der Waals surface area contributed by atoms with Crippen molar-refractivity contribution >= 4 is 11.9 Å². The highest BCUT2D eigenvalue weighted by Gasteiger charge is 2.15. The smallest absolute Gasteiger partial charge is 0.303 e. The molecule has 0 aromatic heterocycles. The van der Waals surface area contributed by atoms with Crippen LogP contribution in [0.1, 0.15) is 33.6 Å².